The molecule has 2 aromatic carbocycles. The van der Waals surface area contributed by atoms with Crippen molar-refractivity contribution in [2.24, 2.45) is 11.8 Å². The largest absolute Gasteiger partial charge is 0.504 e. The highest BCUT2D eigenvalue weighted by atomic mass is 16.7. The zero-order chi connectivity index (χ0) is 26.3. The monoisotopic (exact) mass is 520 g/mol. The number of hydrogen-bond acceptors (Lipinski definition) is 11. The zero-order valence-corrected chi connectivity index (χ0v) is 20.5. The Bertz CT molecular complexity index is 1090. The molecular formula is C26H32O11. The standard InChI is InChI=1S/C26H32O11/c1-32-18-7-12(3-5-16(18)28)24-14-10-35-25(15(14)11-34-24)13-4-6-17(19(8-13)33-2)36-26-23(31)22(30)21(29)20(9-27)37-26/h3-8,14-15,20-31H,9-11H2,1-2H3/t14?,15?,20-,21-,22+,23-,24?,25?,26-/m1/s1. The highest BCUT2D eigenvalue weighted by molar-refractivity contribution is 5.45. The van der Waals surface area contributed by atoms with Crippen LogP contribution in [0.3, 0.4) is 0 Å². The van der Waals surface area contributed by atoms with Crippen LogP contribution in [0, 0.1) is 11.8 Å². The highest BCUT2D eigenvalue weighted by Gasteiger charge is 2.49. The summed E-state index contributed by atoms with van der Waals surface area (Å²) in [5.74, 6) is 1.27. The van der Waals surface area contributed by atoms with Crippen LogP contribution >= 0.6 is 0 Å². The Hall–Kier alpha value is -2.64. The van der Waals surface area contributed by atoms with E-state index in [1.807, 2.05) is 12.1 Å². The molecule has 0 radical (unpaired) electrons. The second-order valence-electron chi connectivity index (χ2n) is 9.49. The van der Waals surface area contributed by atoms with E-state index in [1.165, 1.54) is 14.2 Å². The van der Waals surface area contributed by atoms with Crippen LogP contribution in [0.15, 0.2) is 36.4 Å². The molecule has 0 amide bonds. The van der Waals surface area contributed by atoms with Crippen LogP contribution in [0.25, 0.3) is 0 Å². The fraction of sp³-hybridized carbons (Fsp3) is 0.538. The third-order valence-corrected chi connectivity index (χ3v) is 7.40. The van der Waals surface area contributed by atoms with E-state index in [4.69, 9.17) is 28.4 Å². The number of phenols is 1. The maximum atomic E-state index is 10.3. The van der Waals surface area contributed by atoms with Crippen LogP contribution in [-0.4, -0.2) is 90.3 Å². The highest BCUT2D eigenvalue weighted by Crippen LogP contribution is 2.51. The van der Waals surface area contributed by atoms with Gasteiger partial charge in [-0.15, -0.1) is 0 Å². The van der Waals surface area contributed by atoms with Gasteiger partial charge in [-0.05, 0) is 35.4 Å². The van der Waals surface area contributed by atoms with Gasteiger partial charge in [0.05, 0.1) is 46.2 Å². The van der Waals surface area contributed by atoms with Gasteiger partial charge in [0.1, 0.15) is 24.4 Å². The molecule has 0 aromatic heterocycles. The molecule has 3 aliphatic rings. The summed E-state index contributed by atoms with van der Waals surface area (Å²) < 4.78 is 34.3. The van der Waals surface area contributed by atoms with Crippen molar-refractivity contribution in [2.45, 2.75) is 42.9 Å². The molecule has 3 fully saturated rings. The maximum absolute atomic E-state index is 10.3. The lowest BCUT2D eigenvalue weighted by atomic mass is 9.85. The molecule has 11 heteroatoms. The first-order valence-electron chi connectivity index (χ1n) is 12.1. The van der Waals surface area contributed by atoms with E-state index in [9.17, 15) is 25.5 Å². The Morgan fingerprint density at radius 2 is 1.38 bits per heavy atom. The Kier molecular flexibility index (Phi) is 7.46. The number of phenolic OH excluding ortho intramolecular Hbond substituents is 1. The normalized spacial score (nSPS) is 35.2. The lowest BCUT2D eigenvalue weighted by Gasteiger charge is -2.39. The lowest BCUT2D eigenvalue weighted by molar-refractivity contribution is -0.277. The van der Waals surface area contributed by atoms with Crippen LogP contribution in [0.4, 0.5) is 0 Å². The molecule has 0 saturated carbocycles. The number of aromatic hydroxyl groups is 1. The Balaban J connectivity index is 1.32. The van der Waals surface area contributed by atoms with E-state index in [-0.39, 0.29) is 35.5 Å². The molecule has 37 heavy (non-hydrogen) atoms. The van der Waals surface area contributed by atoms with Crippen molar-refractivity contribution in [2.75, 3.05) is 34.0 Å². The molecule has 4 unspecified atom stereocenters. The number of benzene rings is 2. The number of rotatable bonds is 7. The molecule has 0 spiro atoms. The average molecular weight is 521 g/mol. The topological polar surface area (TPSA) is 157 Å². The first kappa shape index (κ1) is 26.0. The van der Waals surface area contributed by atoms with E-state index < -0.39 is 37.3 Å². The molecule has 0 bridgehead atoms. The van der Waals surface area contributed by atoms with Crippen molar-refractivity contribution in [1.82, 2.24) is 0 Å². The molecule has 3 heterocycles. The fourth-order valence-electron chi connectivity index (χ4n) is 5.35. The summed E-state index contributed by atoms with van der Waals surface area (Å²) in [5, 5.41) is 49.7. The summed E-state index contributed by atoms with van der Waals surface area (Å²) in [6, 6.07) is 10.5. The minimum absolute atomic E-state index is 0.0689. The van der Waals surface area contributed by atoms with E-state index in [0.29, 0.717) is 24.7 Å². The van der Waals surface area contributed by atoms with Crippen molar-refractivity contribution in [3.05, 3.63) is 47.5 Å². The van der Waals surface area contributed by atoms with Crippen LogP contribution in [0.5, 0.6) is 23.0 Å². The Morgan fingerprint density at radius 1 is 0.784 bits per heavy atom. The second kappa shape index (κ2) is 10.6. The van der Waals surface area contributed by atoms with Gasteiger partial charge in [-0.25, -0.2) is 0 Å². The second-order valence-corrected chi connectivity index (χ2v) is 9.49. The summed E-state index contributed by atoms with van der Waals surface area (Å²) in [4.78, 5) is 0. The molecule has 5 rings (SSSR count). The third kappa shape index (κ3) is 4.72. The van der Waals surface area contributed by atoms with Crippen molar-refractivity contribution >= 4 is 0 Å². The quantitative estimate of drug-likeness (QED) is 0.349. The number of methoxy groups -OCH3 is 2. The van der Waals surface area contributed by atoms with Crippen molar-refractivity contribution in [1.29, 1.82) is 0 Å². The van der Waals surface area contributed by atoms with E-state index >= 15 is 0 Å². The predicted molar refractivity (Wildman–Crippen MR) is 126 cm³/mol. The summed E-state index contributed by atoms with van der Waals surface area (Å²) in [6.07, 6.45) is -7.41. The van der Waals surface area contributed by atoms with Gasteiger partial charge in [-0.3, -0.25) is 0 Å². The van der Waals surface area contributed by atoms with Crippen molar-refractivity contribution in [3.63, 3.8) is 0 Å². The molecular weight excluding hydrogens is 488 g/mol. The number of aliphatic hydroxyl groups excluding tert-OH is 4. The predicted octanol–water partition coefficient (Wildman–Crippen LogP) is 0.663. The molecule has 2 aromatic rings. The van der Waals surface area contributed by atoms with Gasteiger partial charge in [-0.1, -0.05) is 12.1 Å². The number of aliphatic hydroxyl groups is 4. The molecule has 3 aliphatic heterocycles. The van der Waals surface area contributed by atoms with E-state index in [0.717, 1.165) is 11.1 Å². The van der Waals surface area contributed by atoms with Gasteiger partial charge in [0, 0.05) is 11.8 Å². The van der Waals surface area contributed by atoms with Gasteiger partial charge in [-0.2, -0.15) is 0 Å². The lowest BCUT2D eigenvalue weighted by Crippen LogP contribution is -2.60. The Morgan fingerprint density at radius 3 is 1.97 bits per heavy atom. The van der Waals surface area contributed by atoms with Gasteiger partial charge in [0.15, 0.2) is 23.0 Å². The first-order valence-corrected chi connectivity index (χ1v) is 12.1. The van der Waals surface area contributed by atoms with Crippen LogP contribution < -0.4 is 14.2 Å². The average Bonchev–Trinajstić information content (AvgIpc) is 3.52. The summed E-state index contributed by atoms with van der Waals surface area (Å²) >= 11 is 0. The first-order chi connectivity index (χ1) is 17.9. The zero-order valence-electron chi connectivity index (χ0n) is 20.5. The molecule has 0 aliphatic carbocycles. The van der Waals surface area contributed by atoms with Gasteiger partial charge in [0.2, 0.25) is 6.29 Å². The van der Waals surface area contributed by atoms with Crippen LogP contribution in [-0.2, 0) is 14.2 Å². The molecule has 5 N–H and O–H groups in total. The van der Waals surface area contributed by atoms with Crippen molar-refractivity contribution in [3.8, 4) is 23.0 Å². The molecule has 11 nitrogen and oxygen atoms in total. The fourth-order valence-corrected chi connectivity index (χ4v) is 5.35. The summed E-state index contributed by atoms with van der Waals surface area (Å²) in [5.41, 5.74) is 1.77. The molecule has 3 saturated heterocycles. The number of fused-ring (bicyclic) bond motifs is 1. The van der Waals surface area contributed by atoms with Gasteiger partial charge < -0.3 is 54.0 Å². The number of hydrogen-bond donors (Lipinski definition) is 5. The minimum atomic E-state index is -1.55. The Labute approximate surface area is 213 Å². The van der Waals surface area contributed by atoms with Gasteiger partial charge in [0.25, 0.3) is 0 Å². The maximum Gasteiger partial charge on any atom is 0.229 e. The molecule has 202 valence electrons. The summed E-state index contributed by atoms with van der Waals surface area (Å²) in [7, 11) is 2.98. The molecule has 9 atom stereocenters. The van der Waals surface area contributed by atoms with Crippen molar-refractivity contribution < 1.29 is 54.0 Å². The SMILES string of the molecule is COc1cc(C2OCC3C(c4ccc(O[C@@H]5O[C@H](CO)[C@@H](O)[C@H](O)[C@H]5O)c(OC)c4)OCC23)ccc1O. The third-order valence-electron chi connectivity index (χ3n) is 7.40. The van der Waals surface area contributed by atoms with Crippen LogP contribution in [0.2, 0.25) is 0 Å². The number of ether oxygens (including phenoxy) is 6. The minimum Gasteiger partial charge on any atom is -0.504 e. The smallest absolute Gasteiger partial charge is 0.229 e. The summed E-state index contributed by atoms with van der Waals surface area (Å²) in [6.45, 7) is 0.436. The van der Waals surface area contributed by atoms with E-state index in [2.05, 4.69) is 0 Å². The van der Waals surface area contributed by atoms with E-state index in [1.54, 1.807) is 24.3 Å². The van der Waals surface area contributed by atoms with Crippen LogP contribution in [0.1, 0.15) is 23.3 Å². The van der Waals surface area contributed by atoms with Gasteiger partial charge >= 0.3 is 0 Å².